The number of halogens is 5. The number of ether oxygens (including phenoxy) is 1. The van der Waals surface area contributed by atoms with Gasteiger partial charge in [0.05, 0.1) is 10.7 Å². The van der Waals surface area contributed by atoms with Crippen molar-refractivity contribution in [3.63, 3.8) is 0 Å². The maximum atomic E-state index is 14.7. The minimum absolute atomic E-state index is 0.170. The molecule has 1 fully saturated rings. The average Bonchev–Trinajstić information content (AvgIpc) is 3.63. The smallest absolute Gasteiger partial charge is 0.422 e. The van der Waals surface area contributed by atoms with Gasteiger partial charge in [-0.05, 0) is 48.2 Å². The minimum atomic E-state index is -4.59. The topological polar surface area (TPSA) is 51.2 Å². The van der Waals surface area contributed by atoms with Crippen molar-refractivity contribution < 1.29 is 27.1 Å². The second kappa shape index (κ2) is 9.62. The molecule has 178 valence electrons. The van der Waals surface area contributed by atoms with Gasteiger partial charge in [-0.3, -0.25) is 9.78 Å². The van der Waals surface area contributed by atoms with Crippen LogP contribution in [0.1, 0.15) is 29.7 Å². The van der Waals surface area contributed by atoms with Gasteiger partial charge in [-0.15, -0.1) is 0 Å². The number of pyridine rings is 1. The Labute approximate surface area is 198 Å². The zero-order chi connectivity index (χ0) is 24.3. The molecule has 4 rings (SSSR count). The van der Waals surface area contributed by atoms with E-state index in [1.807, 2.05) is 30.3 Å². The van der Waals surface area contributed by atoms with E-state index in [-0.39, 0.29) is 29.6 Å². The van der Waals surface area contributed by atoms with E-state index in [0.29, 0.717) is 10.7 Å². The summed E-state index contributed by atoms with van der Waals surface area (Å²) in [5.74, 6) is -1.53. The Kier molecular flexibility index (Phi) is 6.79. The summed E-state index contributed by atoms with van der Waals surface area (Å²) in [6, 6.07) is 15.7. The molecule has 0 radical (unpaired) electrons. The molecule has 1 aliphatic carbocycles. The standard InChI is InChI=1S/C25H21ClF4N2O2/c26-19-8-9-22(31-14-19)24(32-23(33)17-6-7-17,13-16-4-2-1-3-5-16)18-10-20(27)12-21(11-18)34-15-25(28,29)30/h1-5,8-12,14,17H,6-7,13,15H2,(H,32,33). The van der Waals surface area contributed by atoms with Crippen LogP contribution < -0.4 is 10.1 Å². The van der Waals surface area contributed by atoms with Crippen LogP contribution in [0.5, 0.6) is 5.75 Å². The molecule has 3 aromatic rings. The molecule has 1 saturated carbocycles. The first kappa shape index (κ1) is 24.0. The van der Waals surface area contributed by atoms with Crippen LogP contribution in [0.25, 0.3) is 0 Å². The molecule has 1 N–H and O–H groups in total. The number of rotatable bonds is 8. The summed E-state index contributed by atoms with van der Waals surface area (Å²) in [5, 5.41) is 3.39. The van der Waals surface area contributed by atoms with Gasteiger partial charge < -0.3 is 10.1 Å². The molecule has 2 aromatic carbocycles. The Morgan fingerprint density at radius 2 is 1.82 bits per heavy atom. The normalized spacial score (nSPS) is 15.4. The molecule has 4 nitrogen and oxygen atoms in total. The van der Waals surface area contributed by atoms with E-state index in [9.17, 15) is 22.4 Å². The molecular weight excluding hydrogens is 472 g/mol. The van der Waals surface area contributed by atoms with Gasteiger partial charge in [0.25, 0.3) is 0 Å². The SMILES string of the molecule is O=C(NC(Cc1ccccc1)(c1cc(F)cc(OCC(F)(F)F)c1)c1ccc(Cl)cn1)C1CC1. The first-order chi connectivity index (χ1) is 16.1. The zero-order valence-corrected chi connectivity index (χ0v) is 18.7. The highest BCUT2D eigenvalue weighted by atomic mass is 35.5. The summed E-state index contributed by atoms with van der Waals surface area (Å²) in [5.41, 5.74) is -0.0128. The number of aromatic nitrogens is 1. The molecule has 1 heterocycles. The van der Waals surface area contributed by atoms with E-state index in [1.54, 1.807) is 12.1 Å². The number of hydrogen-bond acceptors (Lipinski definition) is 3. The predicted molar refractivity (Wildman–Crippen MR) is 119 cm³/mol. The minimum Gasteiger partial charge on any atom is -0.484 e. The predicted octanol–water partition coefficient (Wildman–Crippen LogP) is 5.83. The van der Waals surface area contributed by atoms with Crippen LogP contribution in [-0.2, 0) is 16.8 Å². The van der Waals surface area contributed by atoms with Crippen molar-refractivity contribution in [2.75, 3.05) is 6.61 Å². The molecule has 0 spiro atoms. The van der Waals surface area contributed by atoms with Gasteiger partial charge in [-0.2, -0.15) is 13.2 Å². The molecule has 1 unspecified atom stereocenters. The Hall–Kier alpha value is -3.13. The summed E-state index contributed by atoms with van der Waals surface area (Å²) in [7, 11) is 0. The fraction of sp³-hybridized carbons (Fsp3) is 0.280. The summed E-state index contributed by atoms with van der Waals surface area (Å²) >= 11 is 6.03. The first-order valence-corrected chi connectivity index (χ1v) is 11.0. The molecule has 1 atom stereocenters. The quantitative estimate of drug-likeness (QED) is 0.403. The Balaban J connectivity index is 1.87. The summed E-state index contributed by atoms with van der Waals surface area (Å²) in [6.07, 6.45) is -1.57. The van der Waals surface area contributed by atoms with Crippen LogP contribution in [0.4, 0.5) is 17.6 Å². The fourth-order valence-corrected chi connectivity index (χ4v) is 3.88. The lowest BCUT2D eigenvalue weighted by molar-refractivity contribution is -0.153. The van der Waals surface area contributed by atoms with Crippen molar-refractivity contribution in [3.05, 3.63) is 94.5 Å². The van der Waals surface area contributed by atoms with E-state index in [1.165, 1.54) is 18.3 Å². The van der Waals surface area contributed by atoms with Crippen molar-refractivity contribution in [3.8, 4) is 5.75 Å². The largest absolute Gasteiger partial charge is 0.484 e. The number of alkyl halides is 3. The summed E-state index contributed by atoms with van der Waals surface area (Å²) < 4.78 is 57.7. The zero-order valence-electron chi connectivity index (χ0n) is 17.9. The first-order valence-electron chi connectivity index (χ1n) is 10.6. The monoisotopic (exact) mass is 492 g/mol. The second-order valence-electron chi connectivity index (χ2n) is 8.27. The number of benzene rings is 2. The highest BCUT2D eigenvalue weighted by molar-refractivity contribution is 6.30. The van der Waals surface area contributed by atoms with Crippen LogP contribution >= 0.6 is 11.6 Å². The highest BCUT2D eigenvalue weighted by Gasteiger charge is 2.42. The van der Waals surface area contributed by atoms with Crippen molar-refractivity contribution in [2.24, 2.45) is 5.92 Å². The Morgan fingerprint density at radius 1 is 1.09 bits per heavy atom. The van der Waals surface area contributed by atoms with Crippen LogP contribution in [0.2, 0.25) is 5.02 Å². The fourth-order valence-electron chi connectivity index (χ4n) is 3.77. The van der Waals surface area contributed by atoms with Crippen LogP contribution in [0.15, 0.2) is 66.9 Å². The molecule has 1 aliphatic rings. The van der Waals surface area contributed by atoms with Crippen molar-refractivity contribution in [1.29, 1.82) is 0 Å². The van der Waals surface area contributed by atoms with Gasteiger partial charge in [-0.25, -0.2) is 4.39 Å². The number of nitrogens with zero attached hydrogens (tertiary/aromatic N) is 1. The Bertz CT molecular complexity index is 1150. The molecule has 34 heavy (non-hydrogen) atoms. The van der Waals surface area contributed by atoms with Gasteiger partial charge >= 0.3 is 6.18 Å². The van der Waals surface area contributed by atoms with Gasteiger partial charge in [-0.1, -0.05) is 41.9 Å². The number of hydrogen-bond donors (Lipinski definition) is 1. The van der Waals surface area contributed by atoms with Crippen molar-refractivity contribution in [1.82, 2.24) is 10.3 Å². The molecule has 1 amide bonds. The van der Waals surface area contributed by atoms with E-state index in [4.69, 9.17) is 16.3 Å². The lowest BCUT2D eigenvalue weighted by Crippen LogP contribution is -2.49. The van der Waals surface area contributed by atoms with Gasteiger partial charge in [0.1, 0.15) is 17.1 Å². The van der Waals surface area contributed by atoms with Crippen molar-refractivity contribution in [2.45, 2.75) is 31.0 Å². The second-order valence-corrected chi connectivity index (χ2v) is 8.71. The van der Waals surface area contributed by atoms with E-state index in [2.05, 4.69) is 10.3 Å². The third kappa shape index (κ3) is 5.86. The molecule has 0 aliphatic heterocycles. The highest BCUT2D eigenvalue weighted by Crippen LogP contribution is 2.38. The molecule has 0 bridgehead atoms. The molecule has 0 saturated heterocycles. The summed E-state index contributed by atoms with van der Waals surface area (Å²) in [6.45, 7) is -1.57. The van der Waals surface area contributed by atoms with Crippen LogP contribution in [-0.4, -0.2) is 23.7 Å². The maximum Gasteiger partial charge on any atom is 0.422 e. The molecule has 9 heteroatoms. The number of carbonyl (C=O) groups excluding carboxylic acids is 1. The maximum absolute atomic E-state index is 14.7. The van der Waals surface area contributed by atoms with Crippen molar-refractivity contribution >= 4 is 17.5 Å². The third-order valence-corrected chi connectivity index (χ3v) is 5.75. The van der Waals surface area contributed by atoms with E-state index in [0.717, 1.165) is 24.5 Å². The Morgan fingerprint density at radius 3 is 2.44 bits per heavy atom. The average molecular weight is 493 g/mol. The van der Waals surface area contributed by atoms with Crippen LogP contribution in [0.3, 0.4) is 0 Å². The van der Waals surface area contributed by atoms with Gasteiger partial charge in [0.15, 0.2) is 6.61 Å². The van der Waals surface area contributed by atoms with Gasteiger partial charge in [0, 0.05) is 24.6 Å². The van der Waals surface area contributed by atoms with Crippen LogP contribution in [0, 0.1) is 11.7 Å². The van der Waals surface area contributed by atoms with Gasteiger partial charge in [0.2, 0.25) is 5.91 Å². The van der Waals surface area contributed by atoms with E-state index >= 15 is 0 Å². The third-order valence-electron chi connectivity index (χ3n) is 5.53. The molecule has 1 aromatic heterocycles. The van der Waals surface area contributed by atoms with E-state index < -0.39 is 24.1 Å². The number of amides is 1. The summed E-state index contributed by atoms with van der Waals surface area (Å²) in [4.78, 5) is 17.4. The lowest BCUT2D eigenvalue weighted by atomic mass is 9.80. The molecular formula is C25H21ClF4N2O2. The number of carbonyl (C=O) groups is 1. The lowest BCUT2D eigenvalue weighted by Gasteiger charge is -2.36. The number of nitrogens with one attached hydrogen (secondary N) is 1.